The SMILES string of the molecule is O=C(/C(C[P+](c1ccccc1)(c1ccccc1)c1ccccc1)=C(/O)c1ccccc1)c1ccc([N+](=O)[O-])cc1. The zero-order chi connectivity index (χ0) is 28.0. The third-order valence-corrected chi connectivity index (χ3v) is 11.3. The van der Waals surface area contributed by atoms with Crippen LogP contribution in [0.15, 0.2) is 151 Å². The van der Waals surface area contributed by atoms with Gasteiger partial charge in [0.25, 0.3) is 5.69 Å². The highest BCUT2D eigenvalue weighted by molar-refractivity contribution is 7.95. The number of aliphatic hydroxyl groups is 1. The van der Waals surface area contributed by atoms with Gasteiger partial charge in [-0.05, 0) is 48.5 Å². The van der Waals surface area contributed by atoms with Crippen LogP contribution in [0.1, 0.15) is 15.9 Å². The molecule has 196 valence electrons. The van der Waals surface area contributed by atoms with Crippen LogP contribution in [0.25, 0.3) is 5.76 Å². The summed E-state index contributed by atoms with van der Waals surface area (Å²) in [7, 11) is -2.53. The topological polar surface area (TPSA) is 80.4 Å². The van der Waals surface area contributed by atoms with Crippen molar-refractivity contribution in [2.45, 2.75) is 0 Å². The summed E-state index contributed by atoms with van der Waals surface area (Å²) in [6.45, 7) is 0. The van der Waals surface area contributed by atoms with Crippen molar-refractivity contribution in [3.63, 3.8) is 0 Å². The van der Waals surface area contributed by atoms with Gasteiger partial charge in [0.15, 0.2) is 5.78 Å². The maximum absolute atomic E-state index is 14.2. The molecule has 6 heteroatoms. The average molecular weight is 545 g/mol. The van der Waals surface area contributed by atoms with E-state index in [9.17, 15) is 20.0 Å². The van der Waals surface area contributed by atoms with Gasteiger partial charge in [0.1, 0.15) is 35.1 Å². The predicted octanol–water partition coefficient (Wildman–Crippen LogP) is 6.74. The summed E-state index contributed by atoms with van der Waals surface area (Å²) in [6, 6.07) is 44.9. The quantitative estimate of drug-likeness (QED) is 0.0557. The minimum Gasteiger partial charge on any atom is -0.507 e. The molecule has 5 rings (SSSR count). The Labute approximate surface area is 233 Å². The maximum atomic E-state index is 14.2. The molecule has 5 aromatic rings. The fourth-order valence-corrected chi connectivity index (χ4v) is 9.19. The number of carbonyl (C=O) groups excluding carboxylic acids is 1. The normalized spacial score (nSPS) is 11.9. The first kappa shape index (κ1) is 26.7. The van der Waals surface area contributed by atoms with Crippen LogP contribution in [0.4, 0.5) is 5.69 Å². The first-order chi connectivity index (χ1) is 19.5. The Bertz CT molecular complexity index is 1540. The van der Waals surface area contributed by atoms with Crippen molar-refractivity contribution < 1.29 is 14.8 Å². The van der Waals surface area contributed by atoms with E-state index in [0.717, 1.165) is 15.9 Å². The number of nitro groups is 1. The number of nitro benzene ring substituents is 1. The molecule has 0 spiro atoms. The van der Waals surface area contributed by atoms with Gasteiger partial charge in [0, 0.05) is 23.3 Å². The van der Waals surface area contributed by atoms with Crippen LogP contribution in [-0.4, -0.2) is 22.0 Å². The van der Waals surface area contributed by atoms with Gasteiger partial charge in [0.05, 0.1) is 10.5 Å². The van der Waals surface area contributed by atoms with E-state index in [0.29, 0.717) is 5.56 Å². The second kappa shape index (κ2) is 11.9. The number of non-ortho nitro benzene ring substituents is 1. The average Bonchev–Trinajstić information content (AvgIpc) is 3.03. The number of hydrogen-bond acceptors (Lipinski definition) is 4. The molecule has 0 aliphatic carbocycles. The van der Waals surface area contributed by atoms with Crippen LogP contribution in [0, 0.1) is 10.1 Å². The molecule has 0 heterocycles. The summed E-state index contributed by atoms with van der Waals surface area (Å²) < 4.78 is 0. The summed E-state index contributed by atoms with van der Waals surface area (Å²) in [6.07, 6.45) is 0.252. The minimum absolute atomic E-state index is 0.101. The molecule has 0 atom stereocenters. The molecule has 0 aromatic heterocycles. The number of carbonyl (C=O) groups is 1. The Morgan fingerprint density at radius 3 is 1.40 bits per heavy atom. The van der Waals surface area contributed by atoms with Gasteiger partial charge < -0.3 is 5.11 Å². The number of ketones is 1. The molecule has 0 unspecified atom stereocenters. The molecule has 0 aliphatic rings. The predicted molar refractivity (Wildman–Crippen MR) is 163 cm³/mol. The molecule has 0 saturated heterocycles. The number of rotatable bonds is 9. The summed E-state index contributed by atoms with van der Waals surface area (Å²) in [5.41, 5.74) is 0.953. The van der Waals surface area contributed by atoms with Crippen LogP contribution in [0.5, 0.6) is 0 Å². The monoisotopic (exact) mass is 544 g/mol. The Morgan fingerprint density at radius 1 is 0.600 bits per heavy atom. The number of aliphatic hydroxyl groups excluding tert-OH is 1. The second-order valence-electron chi connectivity index (χ2n) is 9.30. The second-order valence-corrected chi connectivity index (χ2v) is 12.8. The molecule has 5 nitrogen and oxygen atoms in total. The van der Waals surface area contributed by atoms with Gasteiger partial charge >= 0.3 is 0 Å². The lowest BCUT2D eigenvalue weighted by Crippen LogP contribution is -2.35. The Kier molecular flexibility index (Phi) is 7.95. The van der Waals surface area contributed by atoms with E-state index in [1.165, 1.54) is 24.3 Å². The van der Waals surface area contributed by atoms with Crippen molar-refractivity contribution in [2.75, 3.05) is 6.16 Å². The van der Waals surface area contributed by atoms with Gasteiger partial charge in [-0.15, -0.1) is 0 Å². The zero-order valence-corrected chi connectivity index (χ0v) is 22.5. The van der Waals surface area contributed by atoms with Gasteiger partial charge in [-0.1, -0.05) is 84.9 Å². The lowest BCUT2D eigenvalue weighted by atomic mass is 10.0. The number of Topliss-reactive ketones (excluding diaryl/α,β-unsaturated/α-hetero) is 1. The minimum atomic E-state index is -2.53. The molecule has 0 fully saturated rings. The van der Waals surface area contributed by atoms with E-state index >= 15 is 0 Å². The largest absolute Gasteiger partial charge is 0.507 e. The van der Waals surface area contributed by atoms with Crippen molar-refractivity contribution in [3.8, 4) is 0 Å². The van der Waals surface area contributed by atoms with E-state index < -0.39 is 12.2 Å². The molecule has 40 heavy (non-hydrogen) atoms. The highest BCUT2D eigenvalue weighted by atomic mass is 31.2. The van der Waals surface area contributed by atoms with E-state index in [-0.39, 0.29) is 34.5 Å². The lowest BCUT2D eigenvalue weighted by molar-refractivity contribution is -0.384. The van der Waals surface area contributed by atoms with Crippen molar-refractivity contribution in [1.82, 2.24) is 0 Å². The molecule has 0 saturated carbocycles. The number of nitrogens with zero attached hydrogens (tertiary/aromatic N) is 1. The van der Waals surface area contributed by atoms with E-state index in [2.05, 4.69) is 36.4 Å². The number of hydrogen-bond donors (Lipinski definition) is 1. The Balaban J connectivity index is 1.78. The maximum Gasteiger partial charge on any atom is 0.269 e. The third kappa shape index (κ3) is 5.33. The van der Waals surface area contributed by atoms with E-state index in [4.69, 9.17) is 0 Å². The number of benzene rings is 5. The molecule has 0 radical (unpaired) electrons. The van der Waals surface area contributed by atoms with Crippen LogP contribution in [0.2, 0.25) is 0 Å². The van der Waals surface area contributed by atoms with Gasteiger partial charge in [0.2, 0.25) is 0 Å². The smallest absolute Gasteiger partial charge is 0.269 e. The molecule has 1 N–H and O–H groups in total. The Morgan fingerprint density at radius 2 is 1.00 bits per heavy atom. The van der Waals surface area contributed by atoms with E-state index in [1.807, 2.05) is 72.8 Å². The van der Waals surface area contributed by atoms with Crippen molar-refractivity contribution in [3.05, 3.63) is 172 Å². The van der Waals surface area contributed by atoms with Gasteiger partial charge in [-0.2, -0.15) is 0 Å². The molecule has 0 bridgehead atoms. The fourth-order valence-electron chi connectivity index (χ4n) is 4.94. The van der Waals surface area contributed by atoms with Crippen molar-refractivity contribution in [1.29, 1.82) is 0 Å². The first-order valence-electron chi connectivity index (χ1n) is 12.8. The molecule has 0 aliphatic heterocycles. The highest BCUT2D eigenvalue weighted by Crippen LogP contribution is 2.57. The summed E-state index contributed by atoms with van der Waals surface area (Å²) in [5, 5.41) is 26.2. The number of allylic oxidation sites excluding steroid dienone is 1. The molecule has 5 aromatic carbocycles. The fraction of sp³-hybridized carbons (Fsp3) is 0.0294. The van der Waals surface area contributed by atoms with E-state index in [1.54, 1.807) is 12.1 Å². The zero-order valence-electron chi connectivity index (χ0n) is 21.6. The first-order valence-corrected chi connectivity index (χ1v) is 14.8. The highest BCUT2D eigenvalue weighted by Gasteiger charge is 2.47. The van der Waals surface area contributed by atoms with Gasteiger partial charge in [-0.3, -0.25) is 14.9 Å². The molecular formula is C34H27NO4P+. The van der Waals surface area contributed by atoms with Crippen LogP contribution >= 0.6 is 7.26 Å². The summed E-state index contributed by atoms with van der Waals surface area (Å²) >= 11 is 0. The summed E-state index contributed by atoms with van der Waals surface area (Å²) in [5.74, 6) is -0.473. The van der Waals surface area contributed by atoms with Crippen LogP contribution in [0.3, 0.4) is 0 Å². The standard InChI is InChI=1S/C34H26NO4P/c36-33(26-13-5-1-6-14-26)32(34(37)27-21-23-28(24-22-27)35(38)39)25-40(29-15-7-2-8-16-29,30-17-9-3-10-18-30)31-19-11-4-12-20-31/h1-24H,25H2/p+1. The molecular weight excluding hydrogens is 517 g/mol. The van der Waals surface area contributed by atoms with Crippen LogP contribution < -0.4 is 15.9 Å². The molecule has 0 amide bonds. The third-order valence-electron chi connectivity index (χ3n) is 6.93. The lowest BCUT2D eigenvalue weighted by Gasteiger charge is -2.28. The van der Waals surface area contributed by atoms with Crippen molar-refractivity contribution in [2.24, 2.45) is 0 Å². The van der Waals surface area contributed by atoms with Gasteiger partial charge in [-0.25, -0.2) is 0 Å². The van der Waals surface area contributed by atoms with Crippen LogP contribution in [-0.2, 0) is 0 Å². The Hall–Kier alpha value is -4.86. The van der Waals surface area contributed by atoms with Crippen molar-refractivity contribution >= 4 is 40.4 Å². The summed E-state index contributed by atoms with van der Waals surface area (Å²) in [4.78, 5) is 25.0.